The van der Waals surface area contributed by atoms with Crippen LogP contribution in [0.1, 0.15) is 133 Å². The summed E-state index contributed by atoms with van der Waals surface area (Å²) in [5.74, 6) is 3.42. The van der Waals surface area contributed by atoms with Crippen LogP contribution in [0.4, 0.5) is 11.4 Å². The van der Waals surface area contributed by atoms with Crippen molar-refractivity contribution >= 4 is 40.0 Å². The number of nitrogens with zero attached hydrogens (tertiary/aromatic N) is 3. The smallest absolute Gasteiger partial charge is 0.243 e. The van der Waals surface area contributed by atoms with E-state index in [4.69, 9.17) is 9.47 Å². The van der Waals surface area contributed by atoms with E-state index in [9.17, 15) is 9.59 Å². The van der Waals surface area contributed by atoms with Gasteiger partial charge >= 0.3 is 0 Å². The molecule has 70 heavy (non-hydrogen) atoms. The van der Waals surface area contributed by atoms with Gasteiger partial charge in [0.25, 0.3) is 0 Å². The van der Waals surface area contributed by atoms with Crippen LogP contribution in [0.2, 0.25) is 0 Å². The molecule has 0 radical (unpaired) electrons. The minimum absolute atomic E-state index is 0.0154. The van der Waals surface area contributed by atoms with Crippen molar-refractivity contribution in [3.8, 4) is 22.6 Å². The summed E-state index contributed by atoms with van der Waals surface area (Å²) in [4.78, 5) is 31.9. The van der Waals surface area contributed by atoms with Crippen molar-refractivity contribution in [2.75, 3.05) is 56.2 Å². The number of carbonyl (C=O) groups excluding carboxylic acids is 2. The van der Waals surface area contributed by atoms with Crippen LogP contribution in [0.3, 0.4) is 0 Å². The van der Waals surface area contributed by atoms with Crippen molar-refractivity contribution < 1.29 is 19.1 Å². The van der Waals surface area contributed by atoms with Gasteiger partial charge in [-0.2, -0.15) is 0 Å². The van der Waals surface area contributed by atoms with Crippen LogP contribution in [0.25, 0.3) is 28.0 Å². The molecule has 2 amide bonds. The zero-order chi connectivity index (χ0) is 49.0. The summed E-state index contributed by atoms with van der Waals surface area (Å²) in [5.41, 5.74) is 11.1. The summed E-state index contributed by atoms with van der Waals surface area (Å²) in [6.07, 6.45) is 15.7. The Morgan fingerprint density at radius 2 is 1.60 bits per heavy atom. The Labute approximate surface area is 417 Å². The maximum absolute atomic E-state index is 13.4. The highest BCUT2D eigenvalue weighted by Crippen LogP contribution is 2.60. The molecular formula is C62H74N4O4. The van der Waals surface area contributed by atoms with Crippen molar-refractivity contribution in [1.29, 1.82) is 0 Å². The van der Waals surface area contributed by atoms with Gasteiger partial charge in [-0.15, -0.1) is 0 Å². The first kappa shape index (κ1) is 47.6. The van der Waals surface area contributed by atoms with Gasteiger partial charge in [-0.1, -0.05) is 134 Å². The molecule has 3 fully saturated rings. The summed E-state index contributed by atoms with van der Waals surface area (Å²) in [7, 11) is 1.83. The van der Waals surface area contributed by atoms with Crippen LogP contribution < -0.4 is 24.6 Å². The predicted molar refractivity (Wildman–Crippen MR) is 287 cm³/mol. The van der Waals surface area contributed by atoms with Crippen molar-refractivity contribution in [3.63, 3.8) is 0 Å². The van der Waals surface area contributed by atoms with Gasteiger partial charge < -0.3 is 29.5 Å². The summed E-state index contributed by atoms with van der Waals surface area (Å²) >= 11 is 0. The lowest BCUT2D eigenvalue weighted by atomic mass is 9.75. The SMILES string of the molecule is C=CC(=O)NCCCCCC(=O)N1CCN(c2ccc(C3(c4ccccc4)C=Cc4c5c(c6cc(N7CCC8CCCCC8C7)c(OC)cc6c4O3)-c3ccc(C(C)(C)C)cc3C5(C)C)cc2)CC1C. The van der Waals surface area contributed by atoms with E-state index in [1.807, 2.05) is 12.0 Å². The first-order chi connectivity index (χ1) is 33.7. The van der Waals surface area contributed by atoms with Crippen LogP contribution in [-0.2, 0) is 26.0 Å². The molecule has 0 bridgehead atoms. The van der Waals surface area contributed by atoms with E-state index < -0.39 is 5.60 Å². The molecule has 0 spiro atoms. The number of hydrogen-bond donors (Lipinski definition) is 1. The number of amides is 2. The highest BCUT2D eigenvalue weighted by Gasteiger charge is 2.45. The van der Waals surface area contributed by atoms with E-state index in [0.29, 0.717) is 19.5 Å². The van der Waals surface area contributed by atoms with Gasteiger partial charge in [-0.25, -0.2) is 0 Å². The third-order valence-electron chi connectivity index (χ3n) is 16.8. The second kappa shape index (κ2) is 19.0. The second-order valence-corrected chi connectivity index (χ2v) is 22.5. The summed E-state index contributed by atoms with van der Waals surface area (Å²) in [5, 5.41) is 5.12. The number of fused-ring (bicyclic) bond motifs is 9. The monoisotopic (exact) mass is 939 g/mol. The Bertz CT molecular complexity index is 2820. The quantitative estimate of drug-likeness (QED) is 0.0992. The second-order valence-electron chi connectivity index (χ2n) is 22.5. The maximum Gasteiger partial charge on any atom is 0.243 e. The van der Waals surface area contributed by atoms with Crippen molar-refractivity contribution in [2.45, 2.75) is 122 Å². The standard InChI is InChI=1S/C62H74N4O4/c1-9-55(67)63-32-17-11-14-22-56(68)66-35-34-64(39-41(66)2)47-26-23-45(24-27-47)62(44-20-12-10-13-21-44)31-29-49-58-57(48-28-25-46(60(3,4)5)36-52(48)61(58,6)7)50-37-53(54(69-8)38-51(50)59(49)70-62)65-33-30-42-18-15-16-19-43(42)40-65/h9-10,12-13,20-21,23-29,31,36-38,41-43H,1,11,14-19,22,30,32-35,39-40H2,2-8H3,(H,63,67). The molecule has 2 aliphatic carbocycles. The number of nitrogens with one attached hydrogen (secondary N) is 1. The molecule has 366 valence electrons. The number of piperazine rings is 1. The fourth-order valence-corrected chi connectivity index (χ4v) is 12.8. The summed E-state index contributed by atoms with van der Waals surface area (Å²) in [6, 6.07) is 31.7. The van der Waals surface area contributed by atoms with Crippen LogP contribution in [-0.4, -0.2) is 69.1 Å². The molecular weight excluding hydrogens is 865 g/mol. The van der Waals surface area contributed by atoms with Crippen LogP contribution in [0, 0.1) is 11.8 Å². The van der Waals surface area contributed by atoms with Crippen molar-refractivity contribution in [2.24, 2.45) is 11.8 Å². The third kappa shape index (κ3) is 8.57. The largest absolute Gasteiger partial charge is 0.495 e. The molecule has 10 rings (SSSR count). The predicted octanol–water partition coefficient (Wildman–Crippen LogP) is 12.7. The Morgan fingerprint density at radius 3 is 2.33 bits per heavy atom. The molecule has 3 aliphatic heterocycles. The minimum atomic E-state index is -0.909. The Balaban J connectivity index is 1.01. The number of piperidine rings is 1. The van der Waals surface area contributed by atoms with E-state index in [-0.39, 0.29) is 28.7 Å². The van der Waals surface area contributed by atoms with E-state index in [0.717, 1.165) is 96.5 Å². The highest BCUT2D eigenvalue weighted by molar-refractivity contribution is 6.10. The first-order valence-corrected chi connectivity index (χ1v) is 26.3. The minimum Gasteiger partial charge on any atom is -0.495 e. The molecule has 2 saturated heterocycles. The Kier molecular flexibility index (Phi) is 12.9. The van der Waals surface area contributed by atoms with Gasteiger partial charge in [-0.3, -0.25) is 9.59 Å². The average molecular weight is 939 g/mol. The number of unbranched alkanes of at least 4 members (excludes halogenated alkanes) is 2. The van der Waals surface area contributed by atoms with E-state index in [1.165, 1.54) is 77.1 Å². The fraction of sp³-hybridized carbons (Fsp3) is 0.452. The number of rotatable bonds is 12. The van der Waals surface area contributed by atoms with Gasteiger partial charge in [0.1, 0.15) is 11.5 Å². The molecule has 4 unspecified atom stereocenters. The number of carbonyl (C=O) groups is 2. The third-order valence-corrected chi connectivity index (χ3v) is 16.8. The first-order valence-electron chi connectivity index (χ1n) is 26.3. The number of methoxy groups -OCH3 is 1. The van der Waals surface area contributed by atoms with Crippen LogP contribution in [0.15, 0.2) is 104 Å². The molecule has 5 aromatic carbocycles. The number of benzene rings is 5. The topological polar surface area (TPSA) is 74.4 Å². The average Bonchev–Trinajstić information content (AvgIpc) is 3.62. The molecule has 3 heterocycles. The molecule has 5 aliphatic rings. The lowest BCUT2D eigenvalue weighted by Crippen LogP contribution is -2.54. The molecule has 1 saturated carbocycles. The van der Waals surface area contributed by atoms with Gasteiger partial charge in [0, 0.05) is 84.9 Å². The zero-order valence-corrected chi connectivity index (χ0v) is 42.8. The Morgan fingerprint density at radius 1 is 0.843 bits per heavy atom. The highest BCUT2D eigenvalue weighted by atomic mass is 16.5. The molecule has 4 atom stereocenters. The maximum atomic E-state index is 13.4. The van der Waals surface area contributed by atoms with Crippen molar-refractivity contribution in [3.05, 3.63) is 137 Å². The van der Waals surface area contributed by atoms with Crippen molar-refractivity contribution in [1.82, 2.24) is 10.2 Å². The molecule has 5 aromatic rings. The molecule has 0 aromatic heterocycles. The lowest BCUT2D eigenvalue weighted by Gasteiger charge is -2.43. The normalized spacial score (nSPS) is 22.4. The van der Waals surface area contributed by atoms with Crippen LogP contribution in [0.5, 0.6) is 11.5 Å². The van der Waals surface area contributed by atoms with Gasteiger partial charge in [-0.05, 0) is 119 Å². The number of ether oxygens (including phenoxy) is 2. The van der Waals surface area contributed by atoms with E-state index >= 15 is 0 Å². The lowest BCUT2D eigenvalue weighted by molar-refractivity contribution is -0.133. The van der Waals surface area contributed by atoms with Gasteiger partial charge in [0.15, 0.2) is 5.60 Å². The molecule has 8 nitrogen and oxygen atoms in total. The summed E-state index contributed by atoms with van der Waals surface area (Å²) < 4.78 is 14.3. The zero-order valence-electron chi connectivity index (χ0n) is 42.8. The fourth-order valence-electron chi connectivity index (χ4n) is 12.8. The number of anilines is 2. The van der Waals surface area contributed by atoms with E-state index in [1.54, 1.807) is 0 Å². The van der Waals surface area contributed by atoms with Gasteiger partial charge in [0.05, 0.1) is 12.8 Å². The molecule has 1 N–H and O–H groups in total. The van der Waals surface area contributed by atoms with E-state index in [2.05, 4.69) is 160 Å². The Hall–Kier alpha value is -6.02. The summed E-state index contributed by atoms with van der Waals surface area (Å²) in [6.45, 7) is 22.4. The van der Waals surface area contributed by atoms with Gasteiger partial charge in [0.2, 0.25) is 11.8 Å². The number of hydrogen-bond acceptors (Lipinski definition) is 6. The van der Waals surface area contributed by atoms with Crippen LogP contribution >= 0.6 is 0 Å². The molecule has 8 heteroatoms.